The van der Waals surface area contributed by atoms with Gasteiger partial charge in [-0.2, -0.15) is 5.10 Å². The van der Waals surface area contributed by atoms with Crippen molar-refractivity contribution in [1.82, 2.24) is 9.78 Å². The fraction of sp³-hybridized carbons (Fsp3) is 0.600. The van der Waals surface area contributed by atoms with E-state index in [-0.39, 0.29) is 11.9 Å². The fourth-order valence-corrected chi connectivity index (χ4v) is 1.23. The second-order valence-corrected chi connectivity index (χ2v) is 3.29. The molecule has 0 amide bonds. The Morgan fingerprint density at radius 3 is 2.93 bits per heavy atom. The number of ether oxygens (including phenoxy) is 1. The normalized spacial score (nSPS) is 12.8. The highest BCUT2D eigenvalue weighted by molar-refractivity contribution is 5.82. The summed E-state index contributed by atoms with van der Waals surface area (Å²) in [6.07, 6.45) is 2.67. The third kappa shape index (κ3) is 2.67. The molecule has 0 spiro atoms. The van der Waals surface area contributed by atoms with Gasteiger partial charge in [0.1, 0.15) is 6.10 Å². The first-order chi connectivity index (χ1) is 6.65. The molecule has 0 saturated heterocycles. The van der Waals surface area contributed by atoms with Crippen LogP contribution in [0.25, 0.3) is 0 Å². The average Bonchev–Trinajstić information content (AvgIpc) is 2.59. The number of rotatable bonds is 5. The van der Waals surface area contributed by atoms with Crippen LogP contribution in [0.15, 0.2) is 12.3 Å². The van der Waals surface area contributed by atoms with Gasteiger partial charge in [-0.15, -0.1) is 0 Å². The number of aromatic nitrogens is 2. The number of hydrogen-bond acceptors (Lipinski definition) is 3. The number of Topliss-reactive ketones (excluding diaryl/α,β-unsaturated/α-hetero) is 1. The van der Waals surface area contributed by atoms with Crippen LogP contribution >= 0.6 is 0 Å². The van der Waals surface area contributed by atoms with Gasteiger partial charge in [-0.3, -0.25) is 9.48 Å². The number of nitrogens with zero attached hydrogens (tertiary/aromatic N) is 2. The lowest BCUT2D eigenvalue weighted by molar-refractivity contribution is -0.127. The molecule has 1 heterocycles. The van der Waals surface area contributed by atoms with Gasteiger partial charge in [0.25, 0.3) is 0 Å². The Bertz CT molecular complexity index is 307. The van der Waals surface area contributed by atoms with Gasteiger partial charge in [-0.05, 0) is 19.4 Å². The molecule has 0 aliphatic rings. The molecule has 1 aromatic rings. The Balaban J connectivity index is 2.41. The molecule has 4 heteroatoms. The average molecular weight is 196 g/mol. The summed E-state index contributed by atoms with van der Waals surface area (Å²) in [4.78, 5) is 11.4. The van der Waals surface area contributed by atoms with Crippen LogP contribution < -0.4 is 0 Å². The lowest BCUT2D eigenvalue weighted by Gasteiger charge is -2.07. The lowest BCUT2D eigenvalue weighted by atomic mass is 10.1. The SMILES string of the molecule is COC(C)C(=O)CCc1ccnn1C. The molecule has 1 unspecified atom stereocenters. The molecule has 14 heavy (non-hydrogen) atoms. The van der Waals surface area contributed by atoms with Crippen LogP contribution in [0.5, 0.6) is 0 Å². The number of hydrogen-bond donors (Lipinski definition) is 0. The van der Waals surface area contributed by atoms with E-state index in [1.54, 1.807) is 24.9 Å². The summed E-state index contributed by atoms with van der Waals surface area (Å²) in [5, 5.41) is 4.03. The van der Waals surface area contributed by atoms with Gasteiger partial charge in [0.05, 0.1) is 0 Å². The van der Waals surface area contributed by atoms with Crippen molar-refractivity contribution >= 4 is 5.78 Å². The lowest BCUT2D eigenvalue weighted by Crippen LogP contribution is -2.19. The van der Waals surface area contributed by atoms with Crippen molar-refractivity contribution in [2.24, 2.45) is 7.05 Å². The minimum absolute atomic E-state index is 0.133. The smallest absolute Gasteiger partial charge is 0.161 e. The Labute approximate surface area is 83.9 Å². The molecule has 0 aliphatic carbocycles. The van der Waals surface area contributed by atoms with Crippen LogP contribution in [0.3, 0.4) is 0 Å². The summed E-state index contributed by atoms with van der Waals surface area (Å²) in [6.45, 7) is 1.77. The Hall–Kier alpha value is -1.16. The zero-order chi connectivity index (χ0) is 10.6. The zero-order valence-electron chi connectivity index (χ0n) is 8.86. The molecule has 1 rings (SSSR count). The van der Waals surface area contributed by atoms with Gasteiger partial charge in [-0.25, -0.2) is 0 Å². The molecule has 0 N–H and O–H groups in total. The predicted octanol–water partition coefficient (Wildman–Crippen LogP) is 0.957. The number of aryl methyl sites for hydroxylation is 2. The van der Waals surface area contributed by atoms with Crippen molar-refractivity contribution in [3.63, 3.8) is 0 Å². The molecule has 0 fully saturated rings. The zero-order valence-corrected chi connectivity index (χ0v) is 8.86. The summed E-state index contributed by atoms with van der Waals surface area (Å²) in [6, 6.07) is 1.92. The minimum Gasteiger partial charge on any atom is -0.374 e. The molecule has 1 aromatic heterocycles. The standard InChI is InChI=1S/C10H16N2O2/c1-8(14-3)10(13)5-4-9-6-7-11-12(9)2/h6-8H,4-5H2,1-3H3. The van der Waals surface area contributed by atoms with Gasteiger partial charge < -0.3 is 4.74 Å². The molecule has 4 nitrogen and oxygen atoms in total. The monoisotopic (exact) mass is 196 g/mol. The molecule has 0 saturated carbocycles. The molecule has 0 bridgehead atoms. The van der Waals surface area contributed by atoms with Crippen molar-refractivity contribution in [2.75, 3.05) is 7.11 Å². The first-order valence-corrected chi connectivity index (χ1v) is 4.67. The second kappa shape index (κ2) is 4.91. The molecule has 0 aromatic carbocycles. The molecule has 0 radical (unpaired) electrons. The van der Waals surface area contributed by atoms with E-state index in [1.807, 2.05) is 13.1 Å². The van der Waals surface area contributed by atoms with E-state index >= 15 is 0 Å². The van der Waals surface area contributed by atoms with Gasteiger partial charge in [-0.1, -0.05) is 0 Å². The molecule has 78 valence electrons. The first-order valence-electron chi connectivity index (χ1n) is 4.67. The van der Waals surface area contributed by atoms with Gasteiger partial charge in [0.15, 0.2) is 5.78 Å². The van der Waals surface area contributed by atoms with E-state index in [4.69, 9.17) is 4.74 Å². The summed E-state index contributed by atoms with van der Waals surface area (Å²) in [7, 11) is 3.42. The predicted molar refractivity (Wildman–Crippen MR) is 53.0 cm³/mol. The third-order valence-corrected chi connectivity index (χ3v) is 2.36. The van der Waals surface area contributed by atoms with Crippen LogP contribution in [0.4, 0.5) is 0 Å². The highest BCUT2D eigenvalue weighted by Crippen LogP contribution is 2.04. The minimum atomic E-state index is -0.303. The van der Waals surface area contributed by atoms with Crippen molar-refractivity contribution in [2.45, 2.75) is 25.9 Å². The van der Waals surface area contributed by atoms with Gasteiger partial charge >= 0.3 is 0 Å². The fourth-order valence-electron chi connectivity index (χ4n) is 1.23. The number of carbonyl (C=O) groups is 1. The van der Waals surface area contributed by atoms with E-state index < -0.39 is 0 Å². The van der Waals surface area contributed by atoms with E-state index in [0.717, 1.165) is 12.1 Å². The first kappa shape index (κ1) is 10.9. The van der Waals surface area contributed by atoms with Crippen LogP contribution in [0, 0.1) is 0 Å². The summed E-state index contributed by atoms with van der Waals surface area (Å²) >= 11 is 0. The van der Waals surface area contributed by atoms with Crippen molar-refractivity contribution in [3.05, 3.63) is 18.0 Å². The summed E-state index contributed by atoms with van der Waals surface area (Å²) in [5.74, 6) is 0.133. The maximum Gasteiger partial charge on any atom is 0.161 e. The van der Waals surface area contributed by atoms with Crippen LogP contribution in [0.2, 0.25) is 0 Å². The van der Waals surface area contributed by atoms with E-state index in [0.29, 0.717) is 6.42 Å². The maximum absolute atomic E-state index is 11.4. The van der Waals surface area contributed by atoms with E-state index in [9.17, 15) is 4.79 Å². The number of methoxy groups -OCH3 is 1. The Morgan fingerprint density at radius 2 is 2.43 bits per heavy atom. The molecule has 1 atom stereocenters. The largest absolute Gasteiger partial charge is 0.374 e. The van der Waals surface area contributed by atoms with E-state index in [1.165, 1.54) is 0 Å². The van der Waals surface area contributed by atoms with Gasteiger partial charge in [0, 0.05) is 32.5 Å². The topological polar surface area (TPSA) is 44.1 Å². The van der Waals surface area contributed by atoms with E-state index in [2.05, 4.69) is 5.10 Å². The van der Waals surface area contributed by atoms with Crippen molar-refractivity contribution < 1.29 is 9.53 Å². The third-order valence-electron chi connectivity index (χ3n) is 2.36. The van der Waals surface area contributed by atoms with Crippen molar-refractivity contribution in [3.8, 4) is 0 Å². The Morgan fingerprint density at radius 1 is 1.71 bits per heavy atom. The summed E-state index contributed by atoms with van der Waals surface area (Å²) in [5.41, 5.74) is 1.07. The quantitative estimate of drug-likeness (QED) is 0.704. The van der Waals surface area contributed by atoms with Crippen LogP contribution in [0.1, 0.15) is 19.0 Å². The van der Waals surface area contributed by atoms with Gasteiger partial charge in [0.2, 0.25) is 0 Å². The number of carbonyl (C=O) groups excluding carboxylic acids is 1. The number of ketones is 1. The van der Waals surface area contributed by atoms with Crippen LogP contribution in [-0.2, 0) is 23.0 Å². The van der Waals surface area contributed by atoms with Crippen LogP contribution in [-0.4, -0.2) is 28.8 Å². The Kier molecular flexibility index (Phi) is 3.83. The highest BCUT2D eigenvalue weighted by Gasteiger charge is 2.11. The summed E-state index contributed by atoms with van der Waals surface area (Å²) < 4.78 is 6.72. The highest BCUT2D eigenvalue weighted by atomic mass is 16.5. The maximum atomic E-state index is 11.4. The van der Waals surface area contributed by atoms with Crippen molar-refractivity contribution in [1.29, 1.82) is 0 Å². The molecular formula is C10H16N2O2. The molecule has 0 aliphatic heterocycles. The molecular weight excluding hydrogens is 180 g/mol. The second-order valence-electron chi connectivity index (χ2n) is 3.29.